The molecule has 0 fully saturated rings. The van der Waals surface area contributed by atoms with Crippen molar-refractivity contribution in [3.63, 3.8) is 0 Å². The Morgan fingerprint density at radius 3 is 2.54 bits per heavy atom. The zero-order valence-corrected chi connectivity index (χ0v) is 14.1. The number of hydrogen-bond acceptors (Lipinski definition) is 5. The third-order valence-corrected chi connectivity index (χ3v) is 3.78. The first-order chi connectivity index (χ1) is 13.3. The summed E-state index contributed by atoms with van der Waals surface area (Å²) in [7, 11) is 0. The number of hydrogen-bond donors (Lipinski definition) is 1. The summed E-state index contributed by atoms with van der Waals surface area (Å²) in [6.45, 7) is 0. The van der Waals surface area contributed by atoms with Crippen LogP contribution in [0.25, 0.3) is 11.3 Å². The number of pyridine rings is 1. The van der Waals surface area contributed by atoms with Crippen LogP contribution in [-0.4, -0.2) is 21.2 Å². The summed E-state index contributed by atoms with van der Waals surface area (Å²) in [5.74, 6) is -0.277. The van der Waals surface area contributed by atoms with Crippen LogP contribution in [0.15, 0.2) is 65.7 Å². The van der Waals surface area contributed by atoms with Gasteiger partial charge in [-0.1, -0.05) is 24.3 Å². The summed E-state index contributed by atoms with van der Waals surface area (Å²) in [5, 5.41) is 20.6. The highest BCUT2D eigenvalue weighted by Crippen LogP contribution is 2.36. The van der Waals surface area contributed by atoms with E-state index in [1.807, 2.05) is 0 Å². The lowest BCUT2D eigenvalue weighted by molar-refractivity contribution is -0.384. The van der Waals surface area contributed by atoms with Crippen molar-refractivity contribution in [3.05, 3.63) is 82.0 Å². The van der Waals surface area contributed by atoms with Gasteiger partial charge < -0.3 is 5.11 Å². The lowest BCUT2D eigenvalue weighted by Gasteiger charge is -2.12. The topological polar surface area (TPSA) is 88.6 Å². The Balaban J connectivity index is 1.97. The van der Waals surface area contributed by atoms with Crippen molar-refractivity contribution < 1.29 is 23.2 Å². The maximum atomic E-state index is 13.2. The van der Waals surface area contributed by atoms with E-state index >= 15 is 0 Å². The van der Waals surface area contributed by atoms with Crippen LogP contribution in [-0.2, 0) is 6.18 Å². The molecule has 28 heavy (non-hydrogen) atoms. The minimum atomic E-state index is -4.53. The SMILES string of the molecule is O=[N+]([O-])c1ccc(O)c(N=Cc2cccc(-c3ccccc3C(F)(F)F)n2)c1. The number of alkyl halides is 3. The van der Waals surface area contributed by atoms with Crippen molar-refractivity contribution in [3.8, 4) is 17.0 Å². The first-order valence-electron chi connectivity index (χ1n) is 7.91. The van der Waals surface area contributed by atoms with E-state index in [0.29, 0.717) is 0 Å². The van der Waals surface area contributed by atoms with Crippen LogP contribution in [0, 0.1) is 10.1 Å². The fourth-order valence-corrected chi connectivity index (χ4v) is 2.49. The third-order valence-electron chi connectivity index (χ3n) is 3.78. The van der Waals surface area contributed by atoms with Crippen LogP contribution in [0.3, 0.4) is 0 Å². The first kappa shape index (κ1) is 19.0. The summed E-state index contributed by atoms with van der Waals surface area (Å²) >= 11 is 0. The Hall–Kier alpha value is -3.75. The van der Waals surface area contributed by atoms with E-state index in [0.717, 1.165) is 24.3 Å². The fourth-order valence-electron chi connectivity index (χ4n) is 2.49. The van der Waals surface area contributed by atoms with E-state index in [9.17, 15) is 28.4 Å². The van der Waals surface area contributed by atoms with Crippen LogP contribution in [0.2, 0.25) is 0 Å². The van der Waals surface area contributed by atoms with E-state index in [1.165, 1.54) is 42.6 Å². The number of phenolic OH excluding ortho intramolecular Hbond substituents is 1. The molecule has 0 unspecified atom stereocenters. The molecule has 0 spiro atoms. The van der Waals surface area contributed by atoms with Gasteiger partial charge in [-0.25, -0.2) is 4.98 Å². The second kappa shape index (κ2) is 7.47. The van der Waals surface area contributed by atoms with E-state index < -0.39 is 16.7 Å². The lowest BCUT2D eigenvalue weighted by Crippen LogP contribution is -2.07. The van der Waals surface area contributed by atoms with Crippen molar-refractivity contribution in [1.29, 1.82) is 0 Å². The molecule has 3 aromatic rings. The van der Waals surface area contributed by atoms with Gasteiger partial charge in [0.2, 0.25) is 0 Å². The predicted octanol–water partition coefficient (Wildman–Crippen LogP) is 5.13. The molecule has 0 aliphatic carbocycles. The first-order valence-corrected chi connectivity index (χ1v) is 7.91. The van der Waals surface area contributed by atoms with Gasteiger partial charge in [-0.2, -0.15) is 13.2 Å². The zero-order valence-electron chi connectivity index (χ0n) is 14.1. The predicted molar refractivity (Wildman–Crippen MR) is 96.7 cm³/mol. The normalized spacial score (nSPS) is 11.7. The molecule has 0 saturated heterocycles. The summed E-state index contributed by atoms with van der Waals surface area (Å²) in [4.78, 5) is 18.3. The summed E-state index contributed by atoms with van der Waals surface area (Å²) < 4.78 is 39.6. The second-order valence-electron chi connectivity index (χ2n) is 5.68. The molecule has 0 bridgehead atoms. The van der Waals surface area contributed by atoms with Gasteiger partial charge in [0.1, 0.15) is 11.4 Å². The van der Waals surface area contributed by atoms with Gasteiger partial charge in [-0.3, -0.25) is 15.1 Å². The van der Waals surface area contributed by atoms with E-state index in [-0.39, 0.29) is 34.1 Å². The fraction of sp³-hybridized carbons (Fsp3) is 0.0526. The van der Waals surface area contributed by atoms with Gasteiger partial charge in [0.25, 0.3) is 5.69 Å². The lowest BCUT2D eigenvalue weighted by atomic mass is 10.0. The van der Waals surface area contributed by atoms with E-state index in [1.54, 1.807) is 0 Å². The Morgan fingerprint density at radius 2 is 1.82 bits per heavy atom. The Morgan fingerprint density at radius 1 is 1.07 bits per heavy atom. The highest BCUT2D eigenvalue weighted by molar-refractivity contribution is 5.82. The highest BCUT2D eigenvalue weighted by atomic mass is 19.4. The number of aromatic hydroxyl groups is 1. The third kappa shape index (κ3) is 4.14. The van der Waals surface area contributed by atoms with Crippen molar-refractivity contribution >= 4 is 17.6 Å². The number of phenols is 1. The minimum Gasteiger partial charge on any atom is -0.506 e. The maximum Gasteiger partial charge on any atom is 0.417 e. The maximum absolute atomic E-state index is 13.2. The summed E-state index contributed by atoms with van der Waals surface area (Å²) in [5.41, 5.74) is -0.889. The molecule has 142 valence electrons. The molecule has 1 N–H and O–H groups in total. The van der Waals surface area contributed by atoms with Crippen LogP contribution in [0.5, 0.6) is 5.75 Å². The molecular formula is C19H12F3N3O3. The number of rotatable bonds is 4. The number of benzene rings is 2. The smallest absolute Gasteiger partial charge is 0.417 e. The van der Waals surface area contributed by atoms with E-state index in [2.05, 4.69) is 9.98 Å². The molecule has 1 heterocycles. The zero-order chi connectivity index (χ0) is 20.3. The van der Waals surface area contributed by atoms with Crippen molar-refractivity contribution in [2.75, 3.05) is 0 Å². The monoisotopic (exact) mass is 387 g/mol. The number of nitro benzene ring substituents is 1. The Bertz CT molecular complexity index is 1070. The molecule has 0 radical (unpaired) electrons. The number of nitrogens with zero attached hydrogens (tertiary/aromatic N) is 3. The number of halogens is 3. The van der Waals surface area contributed by atoms with Gasteiger partial charge in [-0.15, -0.1) is 0 Å². The number of aliphatic imine (C=N–C) groups is 1. The van der Waals surface area contributed by atoms with Crippen LogP contribution in [0.4, 0.5) is 24.5 Å². The summed E-state index contributed by atoms with van der Waals surface area (Å²) in [6, 6.07) is 12.9. The molecule has 3 rings (SSSR count). The average Bonchev–Trinajstić information content (AvgIpc) is 2.67. The van der Waals surface area contributed by atoms with Gasteiger partial charge in [0.05, 0.1) is 28.1 Å². The molecule has 1 aromatic heterocycles. The molecule has 2 aromatic carbocycles. The van der Waals surface area contributed by atoms with Crippen LogP contribution in [0.1, 0.15) is 11.3 Å². The van der Waals surface area contributed by atoms with Gasteiger partial charge in [0, 0.05) is 17.7 Å². The summed E-state index contributed by atoms with van der Waals surface area (Å²) in [6.07, 6.45) is -3.32. The second-order valence-corrected chi connectivity index (χ2v) is 5.68. The molecular weight excluding hydrogens is 375 g/mol. The Labute approximate surface area is 156 Å². The van der Waals surface area contributed by atoms with Crippen molar-refractivity contribution in [1.82, 2.24) is 4.98 Å². The highest BCUT2D eigenvalue weighted by Gasteiger charge is 2.33. The quantitative estimate of drug-likeness (QED) is 0.382. The number of nitro groups is 1. The Kier molecular flexibility index (Phi) is 5.08. The van der Waals surface area contributed by atoms with Crippen LogP contribution >= 0.6 is 0 Å². The molecule has 9 heteroatoms. The van der Waals surface area contributed by atoms with Crippen LogP contribution < -0.4 is 0 Å². The van der Waals surface area contributed by atoms with Crippen molar-refractivity contribution in [2.24, 2.45) is 4.99 Å². The minimum absolute atomic E-state index is 0.0582. The van der Waals surface area contributed by atoms with Gasteiger partial charge >= 0.3 is 6.18 Å². The molecule has 0 amide bonds. The molecule has 6 nitrogen and oxygen atoms in total. The molecule has 0 aliphatic heterocycles. The van der Waals surface area contributed by atoms with E-state index in [4.69, 9.17) is 0 Å². The average molecular weight is 387 g/mol. The number of aromatic nitrogens is 1. The van der Waals surface area contributed by atoms with Gasteiger partial charge in [0.15, 0.2) is 0 Å². The molecule has 0 atom stereocenters. The largest absolute Gasteiger partial charge is 0.506 e. The molecule has 0 saturated carbocycles. The standard InChI is InChI=1S/C19H12F3N3O3/c20-19(21,22)15-6-2-1-5-14(15)16-7-3-4-12(24-16)11-23-17-10-13(25(27)28)8-9-18(17)26/h1-11,26H. The van der Waals surface area contributed by atoms with Gasteiger partial charge in [-0.05, 0) is 24.3 Å². The molecule has 0 aliphatic rings. The van der Waals surface area contributed by atoms with Crippen molar-refractivity contribution in [2.45, 2.75) is 6.18 Å². The number of non-ortho nitro benzene ring substituents is 1.